The summed E-state index contributed by atoms with van der Waals surface area (Å²) in [6.45, 7) is 0.791. The van der Waals surface area contributed by atoms with Gasteiger partial charge in [0, 0.05) is 38.3 Å². The predicted molar refractivity (Wildman–Crippen MR) is 111 cm³/mol. The van der Waals surface area contributed by atoms with Gasteiger partial charge in [-0.1, -0.05) is 17.3 Å². The molecule has 0 aliphatic carbocycles. The average Bonchev–Trinajstić information content (AvgIpc) is 3.49. The smallest absolute Gasteiger partial charge is 0.266 e. The third-order valence-corrected chi connectivity index (χ3v) is 5.53. The van der Waals surface area contributed by atoms with E-state index in [1.165, 1.54) is 22.9 Å². The lowest BCUT2D eigenvalue weighted by Crippen LogP contribution is -2.26. The number of rotatable bonds is 4. The van der Waals surface area contributed by atoms with Gasteiger partial charge in [0.25, 0.3) is 5.56 Å². The van der Waals surface area contributed by atoms with Crippen LogP contribution in [0.15, 0.2) is 51.8 Å². The van der Waals surface area contributed by atoms with Crippen LogP contribution in [0.25, 0.3) is 22.8 Å². The van der Waals surface area contributed by atoms with Gasteiger partial charge in [0.15, 0.2) is 11.6 Å². The molecule has 0 saturated carbocycles. The van der Waals surface area contributed by atoms with Crippen molar-refractivity contribution in [1.82, 2.24) is 29.7 Å². The molecule has 1 fully saturated rings. The van der Waals surface area contributed by atoms with Gasteiger partial charge in [-0.2, -0.15) is 5.10 Å². The van der Waals surface area contributed by atoms with Crippen molar-refractivity contribution in [1.29, 1.82) is 0 Å². The minimum atomic E-state index is -0.323. The normalized spacial score (nSPS) is 16.2. The quantitative estimate of drug-likeness (QED) is 0.500. The van der Waals surface area contributed by atoms with Gasteiger partial charge in [-0.05, 0) is 31.0 Å². The second-order valence-corrected chi connectivity index (χ2v) is 7.54. The fraction of sp³-hybridized carbons (Fsp3) is 0.286. The molecule has 1 aromatic carbocycles. The Bertz CT molecular complexity index is 1310. The van der Waals surface area contributed by atoms with E-state index in [1.54, 1.807) is 25.2 Å². The van der Waals surface area contributed by atoms with E-state index >= 15 is 0 Å². The maximum atomic E-state index is 13.6. The molecular formula is C21H20FN7O2. The van der Waals surface area contributed by atoms with Crippen LogP contribution in [-0.4, -0.2) is 36.2 Å². The summed E-state index contributed by atoms with van der Waals surface area (Å²) >= 11 is 0. The van der Waals surface area contributed by atoms with E-state index in [0.717, 1.165) is 25.1 Å². The highest BCUT2D eigenvalue weighted by Gasteiger charge is 2.32. The van der Waals surface area contributed by atoms with E-state index < -0.39 is 0 Å². The van der Waals surface area contributed by atoms with Crippen LogP contribution in [0.5, 0.6) is 0 Å². The Labute approximate surface area is 176 Å². The van der Waals surface area contributed by atoms with Crippen molar-refractivity contribution >= 4 is 5.95 Å². The van der Waals surface area contributed by atoms with E-state index in [0.29, 0.717) is 28.8 Å². The number of benzene rings is 1. The van der Waals surface area contributed by atoms with Gasteiger partial charge in [0.1, 0.15) is 17.2 Å². The molecule has 10 heteroatoms. The molecule has 0 unspecified atom stereocenters. The van der Waals surface area contributed by atoms with Crippen molar-refractivity contribution in [3.63, 3.8) is 0 Å². The van der Waals surface area contributed by atoms with Crippen molar-refractivity contribution < 1.29 is 8.91 Å². The summed E-state index contributed by atoms with van der Waals surface area (Å²) in [7, 11) is 3.47. The van der Waals surface area contributed by atoms with E-state index in [-0.39, 0.29) is 17.4 Å². The zero-order chi connectivity index (χ0) is 21.5. The summed E-state index contributed by atoms with van der Waals surface area (Å²) in [6, 6.07) is 11.2. The summed E-state index contributed by atoms with van der Waals surface area (Å²) in [4.78, 5) is 13.8. The highest BCUT2D eigenvalue weighted by atomic mass is 19.1. The molecule has 1 saturated heterocycles. The maximum Gasteiger partial charge on any atom is 0.266 e. The van der Waals surface area contributed by atoms with Crippen molar-refractivity contribution in [2.24, 2.45) is 14.1 Å². The number of halogens is 1. The van der Waals surface area contributed by atoms with Gasteiger partial charge >= 0.3 is 0 Å². The summed E-state index contributed by atoms with van der Waals surface area (Å²) in [5.74, 6) is 1.45. The monoisotopic (exact) mass is 421 g/mol. The number of hydrogen-bond acceptors (Lipinski definition) is 7. The SMILES string of the molecule is Cn1c(-c2ccc(=O)n(C)n2)nnc1N1CCC[C@@H]1c1cc(-c2cccc(F)c2)on1. The molecule has 31 heavy (non-hydrogen) atoms. The molecule has 4 heterocycles. The molecule has 1 atom stereocenters. The Morgan fingerprint density at radius 1 is 1.13 bits per heavy atom. The molecule has 5 rings (SSSR count). The molecule has 0 amide bonds. The molecule has 158 valence electrons. The van der Waals surface area contributed by atoms with Crippen LogP contribution < -0.4 is 10.5 Å². The van der Waals surface area contributed by atoms with Crippen molar-refractivity contribution in [3.05, 3.63) is 64.3 Å². The number of aromatic nitrogens is 6. The standard InChI is InChI=1S/C21H20FN7O2/c1-27-20(15-8-9-19(30)28(2)25-15)23-24-21(27)29-10-4-7-17(29)16-12-18(31-26-16)13-5-3-6-14(22)11-13/h3,5-6,8-9,11-12,17H,4,7,10H2,1-2H3/t17-/m1/s1. The summed E-state index contributed by atoms with van der Waals surface area (Å²) in [5.41, 5.74) is 1.78. The van der Waals surface area contributed by atoms with Crippen LogP contribution in [0.3, 0.4) is 0 Å². The van der Waals surface area contributed by atoms with Crippen LogP contribution in [-0.2, 0) is 14.1 Å². The van der Waals surface area contributed by atoms with Gasteiger partial charge in [0.05, 0.1) is 6.04 Å². The molecule has 9 nitrogen and oxygen atoms in total. The minimum Gasteiger partial charge on any atom is -0.356 e. The third kappa shape index (κ3) is 3.39. The van der Waals surface area contributed by atoms with Crippen LogP contribution in [0.2, 0.25) is 0 Å². The first-order valence-corrected chi connectivity index (χ1v) is 9.94. The second-order valence-electron chi connectivity index (χ2n) is 7.54. The molecule has 3 aromatic heterocycles. The number of anilines is 1. The lowest BCUT2D eigenvalue weighted by molar-refractivity contribution is 0.415. The predicted octanol–water partition coefficient (Wildman–Crippen LogP) is 2.71. The fourth-order valence-electron chi connectivity index (χ4n) is 3.95. The van der Waals surface area contributed by atoms with Crippen LogP contribution in [0.1, 0.15) is 24.6 Å². The maximum absolute atomic E-state index is 13.6. The largest absolute Gasteiger partial charge is 0.356 e. The molecule has 0 bridgehead atoms. The fourth-order valence-corrected chi connectivity index (χ4v) is 3.95. The van der Waals surface area contributed by atoms with Gasteiger partial charge in [0.2, 0.25) is 5.95 Å². The lowest BCUT2D eigenvalue weighted by Gasteiger charge is -2.23. The molecule has 0 radical (unpaired) electrons. The van der Waals surface area contributed by atoms with Crippen molar-refractivity contribution in [2.45, 2.75) is 18.9 Å². The van der Waals surface area contributed by atoms with E-state index in [9.17, 15) is 9.18 Å². The van der Waals surface area contributed by atoms with E-state index in [2.05, 4.69) is 25.4 Å². The minimum absolute atomic E-state index is 0.0325. The topological polar surface area (TPSA) is 94.9 Å². The van der Waals surface area contributed by atoms with E-state index in [4.69, 9.17) is 4.52 Å². The second kappa shape index (κ2) is 7.46. The van der Waals surface area contributed by atoms with Crippen LogP contribution in [0, 0.1) is 5.82 Å². The molecule has 1 aliphatic rings. The van der Waals surface area contributed by atoms with Gasteiger partial charge in [-0.3, -0.25) is 9.36 Å². The molecule has 0 spiro atoms. The summed E-state index contributed by atoms with van der Waals surface area (Å²) < 4.78 is 22.2. The zero-order valence-corrected chi connectivity index (χ0v) is 17.1. The van der Waals surface area contributed by atoms with E-state index in [1.807, 2.05) is 17.7 Å². The molecular weight excluding hydrogens is 401 g/mol. The van der Waals surface area contributed by atoms with Crippen molar-refractivity contribution in [3.8, 4) is 22.8 Å². The first kappa shape index (κ1) is 19.2. The van der Waals surface area contributed by atoms with Gasteiger partial charge in [-0.15, -0.1) is 10.2 Å². The average molecular weight is 421 g/mol. The number of nitrogens with zero attached hydrogens (tertiary/aromatic N) is 7. The highest BCUT2D eigenvalue weighted by Crippen LogP contribution is 2.37. The summed E-state index contributed by atoms with van der Waals surface area (Å²) in [6.07, 6.45) is 1.85. The van der Waals surface area contributed by atoms with Crippen molar-refractivity contribution in [2.75, 3.05) is 11.4 Å². The van der Waals surface area contributed by atoms with Crippen LogP contribution in [0.4, 0.5) is 10.3 Å². The van der Waals surface area contributed by atoms with Crippen LogP contribution >= 0.6 is 0 Å². The molecule has 1 aliphatic heterocycles. The first-order valence-electron chi connectivity index (χ1n) is 9.94. The Morgan fingerprint density at radius 2 is 2.00 bits per heavy atom. The number of hydrogen-bond donors (Lipinski definition) is 0. The third-order valence-electron chi connectivity index (χ3n) is 5.53. The van der Waals surface area contributed by atoms with Gasteiger partial charge in [-0.25, -0.2) is 9.07 Å². The highest BCUT2D eigenvalue weighted by molar-refractivity contribution is 5.58. The zero-order valence-electron chi connectivity index (χ0n) is 17.1. The lowest BCUT2D eigenvalue weighted by atomic mass is 10.1. The first-order chi connectivity index (χ1) is 15.0. The Hall–Kier alpha value is -3.82. The summed E-state index contributed by atoms with van der Waals surface area (Å²) in [5, 5.41) is 17.2. The molecule has 4 aromatic rings. The molecule has 0 N–H and O–H groups in total. The Kier molecular flexibility index (Phi) is 4.61. The number of aryl methyl sites for hydroxylation is 1. The van der Waals surface area contributed by atoms with Gasteiger partial charge < -0.3 is 9.42 Å². The Balaban J connectivity index is 1.46. The Morgan fingerprint density at radius 3 is 2.81 bits per heavy atom.